The van der Waals surface area contributed by atoms with Gasteiger partial charge in [-0.3, -0.25) is 0 Å². The number of hydrogen-bond acceptors (Lipinski definition) is 3. The molecule has 3 nitrogen and oxygen atoms in total. The molecule has 3 heteroatoms. The zero-order valence-electron chi connectivity index (χ0n) is 8.86. The minimum Gasteiger partial charge on any atom is -0.475 e. The van der Waals surface area contributed by atoms with Gasteiger partial charge in [0, 0.05) is 18.8 Å². The zero-order chi connectivity index (χ0) is 10.4. The second-order valence-electron chi connectivity index (χ2n) is 3.42. The molecule has 0 spiro atoms. The van der Waals surface area contributed by atoms with E-state index in [0.29, 0.717) is 12.4 Å². The van der Waals surface area contributed by atoms with Crippen molar-refractivity contribution in [3.63, 3.8) is 0 Å². The zero-order valence-corrected chi connectivity index (χ0v) is 8.86. The van der Waals surface area contributed by atoms with E-state index in [1.54, 1.807) is 6.20 Å². The molecule has 0 amide bonds. The average molecular weight is 194 g/mol. The van der Waals surface area contributed by atoms with Crippen LogP contribution in [0.25, 0.3) is 0 Å². The number of aromatic nitrogens is 1. The molecule has 1 aromatic heterocycles. The van der Waals surface area contributed by atoms with Crippen LogP contribution in [0.1, 0.15) is 32.3 Å². The number of nitrogens with two attached hydrogens (primary N) is 1. The van der Waals surface area contributed by atoms with Crippen molar-refractivity contribution < 1.29 is 4.74 Å². The maximum absolute atomic E-state index is 5.63. The van der Waals surface area contributed by atoms with Crippen molar-refractivity contribution >= 4 is 0 Å². The van der Waals surface area contributed by atoms with Gasteiger partial charge in [0.05, 0.1) is 6.10 Å². The summed E-state index contributed by atoms with van der Waals surface area (Å²) < 4.78 is 5.63. The third kappa shape index (κ3) is 3.34. The first-order valence-corrected chi connectivity index (χ1v) is 5.08. The Morgan fingerprint density at radius 3 is 3.00 bits per heavy atom. The maximum Gasteiger partial charge on any atom is 0.213 e. The fourth-order valence-electron chi connectivity index (χ4n) is 1.31. The van der Waals surface area contributed by atoms with Crippen molar-refractivity contribution in [2.24, 2.45) is 5.73 Å². The molecule has 0 aromatic carbocycles. The van der Waals surface area contributed by atoms with Crippen molar-refractivity contribution in [3.05, 3.63) is 23.9 Å². The quantitative estimate of drug-likeness (QED) is 0.781. The Kier molecular flexibility index (Phi) is 4.40. The Morgan fingerprint density at radius 2 is 2.36 bits per heavy atom. The van der Waals surface area contributed by atoms with E-state index in [9.17, 15) is 0 Å². The molecule has 0 radical (unpaired) electrons. The summed E-state index contributed by atoms with van der Waals surface area (Å²) in [4.78, 5) is 4.13. The molecule has 0 bridgehead atoms. The second-order valence-corrected chi connectivity index (χ2v) is 3.42. The fraction of sp³-hybridized carbons (Fsp3) is 0.545. The molecule has 14 heavy (non-hydrogen) atoms. The van der Waals surface area contributed by atoms with Crippen molar-refractivity contribution in [1.29, 1.82) is 0 Å². The number of ether oxygens (including phenoxy) is 1. The third-order valence-corrected chi connectivity index (χ3v) is 2.05. The molecular weight excluding hydrogens is 176 g/mol. The molecule has 0 aliphatic heterocycles. The largest absolute Gasteiger partial charge is 0.475 e. The van der Waals surface area contributed by atoms with Crippen molar-refractivity contribution in [1.82, 2.24) is 4.98 Å². The molecule has 0 aliphatic rings. The molecule has 0 saturated heterocycles. The van der Waals surface area contributed by atoms with Gasteiger partial charge in [0.2, 0.25) is 5.88 Å². The van der Waals surface area contributed by atoms with Gasteiger partial charge >= 0.3 is 0 Å². The van der Waals surface area contributed by atoms with Gasteiger partial charge in [0.15, 0.2) is 0 Å². The highest BCUT2D eigenvalue weighted by Gasteiger charge is 2.03. The molecule has 1 atom stereocenters. The van der Waals surface area contributed by atoms with Crippen LogP contribution in [0.5, 0.6) is 5.88 Å². The van der Waals surface area contributed by atoms with E-state index in [4.69, 9.17) is 10.5 Å². The summed E-state index contributed by atoms with van der Waals surface area (Å²) in [6, 6.07) is 3.80. The van der Waals surface area contributed by atoms with Crippen LogP contribution in [0.4, 0.5) is 0 Å². The topological polar surface area (TPSA) is 48.1 Å². The standard InChI is InChI=1S/C11H18N2O/c1-3-4-9(2)14-11-7-10(8-12)5-6-13-11/h5-7,9H,3-4,8,12H2,1-2H3. The first-order chi connectivity index (χ1) is 6.76. The van der Waals surface area contributed by atoms with Crippen LogP contribution >= 0.6 is 0 Å². The molecular formula is C11H18N2O. The predicted octanol–water partition coefficient (Wildman–Crippen LogP) is 2.11. The smallest absolute Gasteiger partial charge is 0.213 e. The molecule has 78 valence electrons. The van der Waals surface area contributed by atoms with Gasteiger partial charge in [-0.05, 0) is 25.0 Å². The van der Waals surface area contributed by atoms with Crippen LogP contribution in [0.3, 0.4) is 0 Å². The third-order valence-electron chi connectivity index (χ3n) is 2.05. The summed E-state index contributed by atoms with van der Waals surface area (Å²) in [5.41, 5.74) is 6.58. The SMILES string of the molecule is CCCC(C)Oc1cc(CN)ccn1. The minimum atomic E-state index is 0.223. The molecule has 1 rings (SSSR count). The lowest BCUT2D eigenvalue weighted by Crippen LogP contribution is -2.12. The average Bonchev–Trinajstić information content (AvgIpc) is 2.18. The first kappa shape index (κ1) is 11.0. The van der Waals surface area contributed by atoms with Gasteiger partial charge in [-0.15, -0.1) is 0 Å². The highest BCUT2D eigenvalue weighted by molar-refractivity contribution is 5.20. The highest BCUT2D eigenvalue weighted by atomic mass is 16.5. The van der Waals surface area contributed by atoms with Gasteiger partial charge in [0.25, 0.3) is 0 Å². The Hall–Kier alpha value is -1.09. The molecule has 1 heterocycles. The van der Waals surface area contributed by atoms with Gasteiger partial charge in [-0.25, -0.2) is 4.98 Å². The van der Waals surface area contributed by atoms with E-state index in [1.807, 2.05) is 12.1 Å². The monoisotopic (exact) mass is 194 g/mol. The van der Waals surface area contributed by atoms with E-state index in [2.05, 4.69) is 18.8 Å². The summed E-state index contributed by atoms with van der Waals surface area (Å²) in [5.74, 6) is 0.675. The molecule has 0 fully saturated rings. The van der Waals surface area contributed by atoms with E-state index < -0.39 is 0 Å². The minimum absolute atomic E-state index is 0.223. The Morgan fingerprint density at radius 1 is 1.57 bits per heavy atom. The summed E-state index contributed by atoms with van der Waals surface area (Å²) in [5, 5.41) is 0. The van der Waals surface area contributed by atoms with E-state index in [0.717, 1.165) is 18.4 Å². The van der Waals surface area contributed by atoms with E-state index in [-0.39, 0.29) is 6.10 Å². The molecule has 0 aliphatic carbocycles. The lowest BCUT2D eigenvalue weighted by Gasteiger charge is -2.12. The number of rotatable bonds is 5. The summed E-state index contributed by atoms with van der Waals surface area (Å²) >= 11 is 0. The van der Waals surface area contributed by atoms with Crippen LogP contribution in [-0.2, 0) is 6.54 Å². The highest BCUT2D eigenvalue weighted by Crippen LogP contribution is 2.12. The van der Waals surface area contributed by atoms with Gasteiger partial charge in [-0.2, -0.15) is 0 Å². The summed E-state index contributed by atoms with van der Waals surface area (Å²) in [6.07, 6.45) is 4.13. The Bertz CT molecular complexity index is 276. The van der Waals surface area contributed by atoms with Crippen molar-refractivity contribution in [3.8, 4) is 5.88 Å². The maximum atomic E-state index is 5.63. The normalized spacial score (nSPS) is 12.5. The van der Waals surface area contributed by atoms with Gasteiger partial charge < -0.3 is 10.5 Å². The fourth-order valence-corrected chi connectivity index (χ4v) is 1.31. The van der Waals surface area contributed by atoms with Crippen LogP contribution in [0.15, 0.2) is 18.3 Å². The lowest BCUT2D eigenvalue weighted by atomic mass is 10.2. The van der Waals surface area contributed by atoms with Crippen LogP contribution in [-0.4, -0.2) is 11.1 Å². The van der Waals surface area contributed by atoms with E-state index >= 15 is 0 Å². The Labute approximate surface area is 85.3 Å². The lowest BCUT2D eigenvalue weighted by molar-refractivity contribution is 0.201. The van der Waals surface area contributed by atoms with Crippen LogP contribution in [0, 0.1) is 0 Å². The number of pyridine rings is 1. The number of hydrogen-bond donors (Lipinski definition) is 1. The Balaban J connectivity index is 2.57. The van der Waals surface area contributed by atoms with Crippen LogP contribution < -0.4 is 10.5 Å². The van der Waals surface area contributed by atoms with Gasteiger partial charge in [0.1, 0.15) is 0 Å². The van der Waals surface area contributed by atoms with E-state index in [1.165, 1.54) is 0 Å². The first-order valence-electron chi connectivity index (χ1n) is 5.08. The summed E-state index contributed by atoms with van der Waals surface area (Å²) in [7, 11) is 0. The molecule has 2 N–H and O–H groups in total. The van der Waals surface area contributed by atoms with Gasteiger partial charge in [-0.1, -0.05) is 13.3 Å². The van der Waals surface area contributed by atoms with Crippen molar-refractivity contribution in [2.45, 2.75) is 39.3 Å². The second kappa shape index (κ2) is 5.60. The predicted molar refractivity (Wildman–Crippen MR) is 57.1 cm³/mol. The molecule has 0 saturated carbocycles. The van der Waals surface area contributed by atoms with Crippen LogP contribution in [0.2, 0.25) is 0 Å². The molecule has 1 aromatic rings. The number of nitrogens with zero attached hydrogens (tertiary/aromatic N) is 1. The van der Waals surface area contributed by atoms with Crippen molar-refractivity contribution in [2.75, 3.05) is 0 Å². The molecule has 1 unspecified atom stereocenters. The summed E-state index contributed by atoms with van der Waals surface area (Å²) in [6.45, 7) is 4.73.